The van der Waals surface area contributed by atoms with Crippen LogP contribution in [0.5, 0.6) is 0 Å². The number of aryl methyl sites for hydroxylation is 1. The highest BCUT2D eigenvalue weighted by Crippen LogP contribution is 2.35. The Hall–Kier alpha value is -2.95. The zero-order valence-corrected chi connectivity index (χ0v) is 19.9. The Balaban J connectivity index is 1.40. The van der Waals surface area contributed by atoms with Crippen molar-refractivity contribution in [2.24, 2.45) is 0 Å². The molecular weight excluding hydrogens is 505 g/mol. The minimum Gasteiger partial charge on any atom is -0.324 e. The van der Waals surface area contributed by atoms with E-state index in [1.807, 2.05) is 37.3 Å². The zero-order chi connectivity index (χ0) is 24.3. The lowest BCUT2D eigenvalue weighted by molar-refractivity contribution is -0.137. The Morgan fingerprint density at radius 3 is 2.53 bits per heavy atom. The molecule has 0 saturated heterocycles. The van der Waals surface area contributed by atoms with Crippen molar-refractivity contribution in [1.29, 1.82) is 0 Å². The number of thioether (sulfide) groups is 1. The number of benzene rings is 2. The smallest absolute Gasteiger partial charge is 0.324 e. The molecule has 2 aromatic heterocycles. The molecule has 4 rings (SSSR count). The minimum atomic E-state index is -4.53. The van der Waals surface area contributed by atoms with E-state index >= 15 is 0 Å². The van der Waals surface area contributed by atoms with Crippen molar-refractivity contribution >= 4 is 46.3 Å². The Morgan fingerprint density at radius 2 is 1.85 bits per heavy atom. The van der Waals surface area contributed by atoms with Gasteiger partial charge < -0.3 is 5.32 Å². The third-order valence-electron chi connectivity index (χ3n) is 4.61. The van der Waals surface area contributed by atoms with Crippen LogP contribution in [-0.2, 0) is 11.0 Å². The number of nitrogens with zero attached hydrogens (tertiary/aromatic N) is 3. The van der Waals surface area contributed by atoms with Gasteiger partial charge in [0, 0.05) is 5.56 Å². The van der Waals surface area contributed by atoms with Gasteiger partial charge in [-0.05, 0) is 37.3 Å². The molecule has 174 valence electrons. The summed E-state index contributed by atoms with van der Waals surface area (Å²) in [6, 6.07) is 16.1. The summed E-state index contributed by atoms with van der Waals surface area (Å²) in [6.07, 6.45) is -4.53. The highest BCUT2D eigenvalue weighted by molar-refractivity contribution is 7.99. The maximum Gasteiger partial charge on any atom is 0.416 e. The van der Waals surface area contributed by atoms with Gasteiger partial charge in [0.2, 0.25) is 5.91 Å². The second-order valence-corrected chi connectivity index (χ2v) is 9.49. The average molecular weight is 521 g/mol. The van der Waals surface area contributed by atoms with Gasteiger partial charge in [0.25, 0.3) is 0 Å². The largest absolute Gasteiger partial charge is 0.416 e. The second kappa shape index (κ2) is 10.1. The van der Waals surface area contributed by atoms with Crippen LogP contribution in [0.3, 0.4) is 0 Å². The molecule has 0 spiro atoms. The maximum absolute atomic E-state index is 12.9. The fourth-order valence-corrected chi connectivity index (χ4v) is 4.79. The van der Waals surface area contributed by atoms with E-state index in [1.54, 1.807) is 12.1 Å². The maximum atomic E-state index is 12.9. The topological polar surface area (TPSA) is 67.8 Å². The van der Waals surface area contributed by atoms with Crippen molar-refractivity contribution in [3.63, 3.8) is 0 Å². The average Bonchev–Trinajstić information content (AvgIpc) is 3.21. The number of alkyl halides is 3. The number of aromatic nitrogens is 3. The van der Waals surface area contributed by atoms with Gasteiger partial charge in [-0.1, -0.05) is 53.7 Å². The van der Waals surface area contributed by atoms with Crippen LogP contribution < -0.4 is 5.32 Å². The van der Waals surface area contributed by atoms with E-state index < -0.39 is 17.6 Å². The van der Waals surface area contributed by atoms with Crippen molar-refractivity contribution in [3.8, 4) is 21.1 Å². The van der Waals surface area contributed by atoms with Crippen molar-refractivity contribution in [2.45, 2.75) is 18.1 Å². The summed E-state index contributed by atoms with van der Waals surface area (Å²) in [4.78, 5) is 17.8. The number of hydrogen-bond acceptors (Lipinski definition) is 6. The summed E-state index contributed by atoms with van der Waals surface area (Å²) >= 11 is 8.55. The van der Waals surface area contributed by atoms with Crippen molar-refractivity contribution in [1.82, 2.24) is 15.2 Å². The van der Waals surface area contributed by atoms with E-state index in [1.165, 1.54) is 11.3 Å². The molecule has 1 amide bonds. The van der Waals surface area contributed by atoms with Gasteiger partial charge in [-0.3, -0.25) is 4.79 Å². The minimum absolute atomic E-state index is 0.0188. The first kappa shape index (κ1) is 24.2. The zero-order valence-electron chi connectivity index (χ0n) is 17.6. The van der Waals surface area contributed by atoms with Crippen LogP contribution in [0, 0.1) is 6.92 Å². The summed E-state index contributed by atoms with van der Waals surface area (Å²) in [5.41, 5.74) is 1.54. The van der Waals surface area contributed by atoms with Gasteiger partial charge in [-0.15, -0.1) is 21.5 Å². The highest BCUT2D eigenvalue weighted by atomic mass is 35.5. The van der Waals surface area contributed by atoms with E-state index in [-0.39, 0.29) is 16.5 Å². The first-order valence-electron chi connectivity index (χ1n) is 9.87. The number of nitrogens with one attached hydrogen (secondary N) is 1. The molecule has 0 unspecified atom stereocenters. The van der Waals surface area contributed by atoms with Gasteiger partial charge in [0.15, 0.2) is 0 Å². The lowest BCUT2D eigenvalue weighted by Crippen LogP contribution is -2.15. The molecule has 2 heterocycles. The number of anilines is 1. The van der Waals surface area contributed by atoms with Crippen LogP contribution in [0.25, 0.3) is 21.1 Å². The summed E-state index contributed by atoms with van der Waals surface area (Å²) in [6.45, 7) is 1.91. The van der Waals surface area contributed by atoms with Gasteiger partial charge >= 0.3 is 6.18 Å². The quantitative estimate of drug-likeness (QED) is 0.278. The van der Waals surface area contributed by atoms with Crippen LogP contribution in [-0.4, -0.2) is 26.8 Å². The molecule has 2 aromatic carbocycles. The van der Waals surface area contributed by atoms with Gasteiger partial charge in [0.1, 0.15) is 15.7 Å². The van der Waals surface area contributed by atoms with Crippen LogP contribution in [0.2, 0.25) is 5.02 Å². The monoisotopic (exact) mass is 520 g/mol. The second-order valence-electron chi connectivity index (χ2n) is 7.09. The molecular formula is C23H16ClF3N4OS2. The van der Waals surface area contributed by atoms with Gasteiger partial charge in [0.05, 0.1) is 32.6 Å². The van der Waals surface area contributed by atoms with Crippen LogP contribution in [0.15, 0.2) is 65.7 Å². The van der Waals surface area contributed by atoms with E-state index in [0.29, 0.717) is 10.7 Å². The fourth-order valence-electron chi connectivity index (χ4n) is 2.98. The lowest BCUT2D eigenvalue weighted by Gasteiger charge is -2.11. The summed E-state index contributed by atoms with van der Waals surface area (Å²) in [7, 11) is 0. The molecule has 34 heavy (non-hydrogen) atoms. The van der Waals surface area contributed by atoms with E-state index in [2.05, 4.69) is 20.5 Å². The number of thiazole rings is 1. The molecule has 0 fully saturated rings. The molecule has 0 radical (unpaired) electrons. The predicted molar refractivity (Wildman–Crippen MR) is 129 cm³/mol. The number of amides is 1. The molecule has 5 nitrogen and oxygen atoms in total. The molecule has 0 atom stereocenters. The molecule has 0 bridgehead atoms. The van der Waals surface area contributed by atoms with E-state index in [0.717, 1.165) is 51.1 Å². The number of rotatable bonds is 6. The van der Waals surface area contributed by atoms with E-state index in [9.17, 15) is 18.0 Å². The first-order valence-corrected chi connectivity index (χ1v) is 12.0. The molecule has 4 aromatic rings. The van der Waals surface area contributed by atoms with Gasteiger partial charge in [-0.25, -0.2) is 4.98 Å². The number of hydrogen-bond donors (Lipinski definition) is 1. The van der Waals surface area contributed by atoms with Crippen molar-refractivity contribution < 1.29 is 18.0 Å². The molecule has 0 aliphatic heterocycles. The molecule has 11 heteroatoms. The van der Waals surface area contributed by atoms with E-state index in [4.69, 9.17) is 11.6 Å². The first-order chi connectivity index (χ1) is 16.2. The molecule has 0 aliphatic carbocycles. The summed E-state index contributed by atoms with van der Waals surface area (Å²) in [5.74, 6) is -0.582. The lowest BCUT2D eigenvalue weighted by atomic mass is 10.2. The number of carbonyl (C=O) groups is 1. The van der Waals surface area contributed by atoms with Crippen molar-refractivity contribution in [3.05, 3.63) is 76.9 Å². The number of carbonyl (C=O) groups excluding carboxylic acids is 1. The normalized spacial score (nSPS) is 11.4. The Bertz CT molecular complexity index is 1310. The van der Waals surface area contributed by atoms with Crippen molar-refractivity contribution in [2.75, 3.05) is 11.1 Å². The SMILES string of the molecule is Cc1nc(-c2ccccc2)sc1-c1ccc(SCC(=O)Nc2cc(C(F)(F)F)ccc2Cl)nn1. The van der Waals surface area contributed by atoms with Crippen LogP contribution >= 0.6 is 34.7 Å². The number of halogens is 4. The van der Waals surface area contributed by atoms with Crippen LogP contribution in [0.4, 0.5) is 18.9 Å². The Labute approximate surface area is 206 Å². The Kier molecular flexibility index (Phi) is 7.20. The Morgan fingerprint density at radius 1 is 1.09 bits per heavy atom. The predicted octanol–water partition coefficient (Wildman–Crippen LogP) is 6.98. The van der Waals surface area contributed by atoms with Crippen LogP contribution in [0.1, 0.15) is 11.3 Å². The fraction of sp³-hybridized carbons (Fsp3) is 0.130. The molecule has 0 saturated carbocycles. The van der Waals surface area contributed by atoms with Gasteiger partial charge in [-0.2, -0.15) is 13.2 Å². The third-order valence-corrected chi connectivity index (χ3v) is 7.09. The standard InChI is InChI=1S/C23H16ClF3N4OS2/c1-13-21(34-22(28-13)14-5-3-2-4-6-14)17-9-10-20(31-30-17)33-12-19(32)29-18-11-15(23(25,26)27)7-8-16(18)24/h2-11H,12H2,1H3,(H,29,32). The third kappa shape index (κ3) is 5.75. The highest BCUT2D eigenvalue weighted by Gasteiger charge is 2.31. The summed E-state index contributed by atoms with van der Waals surface area (Å²) in [5, 5.41) is 12.2. The molecule has 1 N–H and O–H groups in total. The molecule has 0 aliphatic rings. The summed E-state index contributed by atoms with van der Waals surface area (Å²) < 4.78 is 38.7.